The Balaban J connectivity index is 1.59. The molecule has 3 rings (SSSR count). The van der Waals surface area contributed by atoms with Crippen molar-refractivity contribution in [3.8, 4) is 0 Å². The molecule has 2 aromatic rings. The van der Waals surface area contributed by atoms with Gasteiger partial charge in [-0.1, -0.05) is 48.9 Å². The molecule has 1 saturated carbocycles. The number of hydrogen-bond acceptors (Lipinski definition) is 2. The highest BCUT2D eigenvalue weighted by atomic mass is 35.5. The molecule has 1 aliphatic carbocycles. The Hall–Kier alpha value is -2.31. The molecule has 0 spiro atoms. The van der Waals surface area contributed by atoms with Crippen LogP contribution in [0, 0.1) is 11.7 Å². The fourth-order valence-corrected chi connectivity index (χ4v) is 4.06. The first-order chi connectivity index (χ1) is 14.9. The van der Waals surface area contributed by atoms with Gasteiger partial charge in [0.2, 0.25) is 5.91 Å². The number of carbonyl (C=O) groups is 2. The Morgan fingerprint density at radius 2 is 1.74 bits per heavy atom. The van der Waals surface area contributed by atoms with E-state index in [1.54, 1.807) is 18.2 Å². The molecule has 0 aliphatic heterocycles. The van der Waals surface area contributed by atoms with Gasteiger partial charge >= 0.3 is 6.03 Å². The molecule has 1 fully saturated rings. The first-order valence-corrected chi connectivity index (χ1v) is 11.2. The molecule has 31 heavy (non-hydrogen) atoms. The van der Waals surface area contributed by atoms with Crippen molar-refractivity contribution < 1.29 is 14.0 Å². The van der Waals surface area contributed by atoms with Crippen LogP contribution in [0.5, 0.6) is 0 Å². The summed E-state index contributed by atoms with van der Waals surface area (Å²) in [5.41, 5.74) is 0.992. The van der Waals surface area contributed by atoms with E-state index in [1.165, 1.54) is 54.8 Å². The second kappa shape index (κ2) is 11.3. The van der Waals surface area contributed by atoms with Gasteiger partial charge in [0.1, 0.15) is 5.82 Å². The summed E-state index contributed by atoms with van der Waals surface area (Å²) in [6.45, 7) is 0.517. The standard InChI is InChI=1S/C23H26Cl2FN3O2/c24-20-11-8-18(15-21(20)25)28-23(31)29(19-9-6-17(26)7-10-19)14-13-27-22(30)12-5-16-3-1-2-4-16/h6-11,15-16H,1-5,12-14H2,(H,27,30)(H,28,31). The molecule has 0 bridgehead atoms. The predicted molar refractivity (Wildman–Crippen MR) is 123 cm³/mol. The third kappa shape index (κ3) is 7.11. The number of halogens is 3. The van der Waals surface area contributed by atoms with Crippen LogP contribution >= 0.6 is 23.2 Å². The van der Waals surface area contributed by atoms with Crippen LogP contribution in [0.1, 0.15) is 38.5 Å². The lowest BCUT2D eigenvalue weighted by Crippen LogP contribution is -2.41. The van der Waals surface area contributed by atoms with Crippen molar-refractivity contribution in [2.75, 3.05) is 23.3 Å². The van der Waals surface area contributed by atoms with Crippen molar-refractivity contribution in [1.29, 1.82) is 0 Å². The third-order valence-electron chi connectivity index (χ3n) is 5.47. The van der Waals surface area contributed by atoms with Crippen molar-refractivity contribution in [1.82, 2.24) is 5.32 Å². The summed E-state index contributed by atoms with van der Waals surface area (Å²) in [5.74, 6) is 0.239. The van der Waals surface area contributed by atoms with Crippen LogP contribution in [0.2, 0.25) is 10.0 Å². The minimum absolute atomic E-state index is 0.0177. The molecule has 0 radical (unpaired) electrons. The molecule has 0 atom stereocenters. The number of hydrogen-bond donors (Lipinski definition) is 2. The number of benzene rings is 2. The summed E-state index contributed by atoms with van der Waals surface area (Å²) in [4.78, 5) is 26.5. The Morgan fingerprint density at radius 1 is 1.03 bits per heavy atom. The Morgan fingerprint density at radius 3 is 2.42 bits per heavy atom. The molecule has 5 nitrogen and oxygen atoms in total. The predicted octanol–water partition coefficient (Wildman–Crippen LogP) is 6.26. The lowest BCUT2D eigenvalue weighted by Gasteiger charge is -2.23. The largest absolute Gasteiger partial charge is 0.354 e. The van der Waals surface area contributed by atoms with Gasteiger partial charge in [0, 0.05) is 30.9 Å². The molecule has 0 saturated heterocycles. The van der Waals surface area contributed by atoms with Crippen LogP contribution in [0.3, 0.4) is 0 Å². The Kier molecular flexibility index (Phi) is 8.55. The van der Waals surface area contributed by atoms with Gasteiger partial charge in [0.25, 0.3) is 0 Å². The normalized spacial score (nSPS) is 13.8. The lowest BCUT2D eigenvalue weighted by atomic mass is 10.0. The maximum atomic E-state index is 13.3. The molecule has 0 aromatic heterocycles. The third-order valence-corrected chi connectivity index (χ3v) is 6.21. The van der Waals surface area contributed by atoms with Crippen LogP contribution in [-0.2, 0) is 4.79 Å². The van der Waals surface area contributed by atoms with E-state index in [0.717, 1.165) is 6.42 Å². The molecule has 0 unspecified atom stereocenters. The fourth-order valence-electron chi connectivity index (χ4n) is 3.76. The highest BCUT2D eigenvalue weighted by Crippen LogP contribution is 2.28. The van der Waals surface area contributed by atoms with Crippen molar-refractivity contribution in [3.05, 3.63) is 58.3 Å². The van der Waals surface area contributed by atoms with Crippen LogP contribution < -0.4 is 15.5 Å². The Bertz CT molecular complexity index is 902. The molecule has 166 valence electrons. The zero-order valence-electron chi connectivity index (χ0n) is 17.2. The minimum atomic E-state index is -0.426. The zero-order valence-corrected chi connectivity index (χ0v) is 18.7. The summed E-state index contributed by atoms with van der Waals surface area (Å²) in [7, 11) is 0. The molecule has 3 amide bonds. The molecule has 1 aliphatic rings. The van der Waals surface area contributed by atoms with Gasteiger partial charge in [-0.25, -0.2) is 9.18 Å². The monoisotopic (exact) mass is 465 g/mol. The number of carbonyl (C=O) groups excluding carboxylic acids is 2. The second-order valence-corrected chi connectivity index (χ2v) is 8.54. The average Bonchev–Trinajstić information content (AvgIpc) is 3.27. The maximum absolute atomic E-state index is 13.3. The van der Waals surface area contributed by atoms with E-state index in [2.05, 4.69) is 10.6 Å². The van der Waals surface area contributed by atoms with Crippen molar-refractivity contribution >= 4 is 46.5 Å². The smallest absolute Gasteiger partial charge is 0.326 e. The molecular weight excluding hydrogens is 440 g/mol. The van der Waals surface area contributed by atoms with E-state index in [9.17, 15) is 14.0 Å². The Labute approximate surface area is 191 Å². The number of amides is 3. The summed E-state index contributed by atoms with van der Waals surface area (Å²) < 4.78 is 13.3. The fraction of sp³-hybridized carbons (Fsp3) is 0.391. The number of rotatable bonds is 8. The van der Waals surface area contributed by atoms with E-state index in [4.69, 9.17) is 23.2 Å². The number of anilines is 2. The topological polar surface area (TPSA) is 61.4 Å². The summed E-state index contributed by atoms with van der Waals surface area (Å²) in [6.07, 6.45) is 6.34. The lowest BCUT2D eigenvalue weighted by molar-refractivity contribution is -0.121. The second-order valence-electron chi connectivity index (χ2n) is 7.73. The summed E-state index contributed by atoms with van der Waals surface area (Å²) >= 11 is 11.9. The van der Waals surface area contributed by atoms with E-state index in [0.29, 0.717) is 33.8 Å². The SMILES string of the molecule is O=C(CCC1CCCC1)NCCN(C(=O)Nc1ccc(Cl)c(Cl)c1)c1ccc(F)cc1. The van der Waals surface area contributed by atoms with Gasteiger partial charge in [0.05, 0.1) is 10.0 Å². The van der Waals surface area contributed by atoms with Crippen LogP contribution in [0.4, 0.5) is 20.6 Å². The van der Waals surface area contributed by atoms with Gasteiger partial charge in [-0.15, -0.1) is 0 Å². The number of urea groups is 1. The van der Waals surface area contributed by atoms with Crippen molar-refractivity contribution in [2.24, 2.45) is 5.92 Å². The highest BCUT2D eigenvalue weighted by molar-refractivity contribution is 6.42. The summed E-state index contributed by atoms with van der Waals surface area (Å²) in [6, 6.07) is 9.97. The molecular formula is C23H26Cl2FN3O2. The van der Waals surface area contributed by atoms with E-state index in [1.807, 2.05) is 0 Å². The van der Waals surface area contributed by atoms with Gasteiger partial charge in [-0.3, -0.25) is 9.69 Å². The average molecular weight is 466 g/mol. The van der Waals surface area contributed by atoms with Crippen molar-refractivity contribution in [2.45, 2.75) is 38.5 Å². The first-order valence-electron chi connectivity index (χ1n) is 10.5. The van der Waals surface area contributed by atoms with Crippen molar-refractivity contribution in [3.63, 3.8) is 0 Å². The minimum Gasteiger partial charge on any atom is -0.354 e. The highest BCUT2D eigenvalue weighted by Gasteiger charge is 2.18. The van der Waals surface area contributed by atoms with Gasteiger partial charge in [0.15, 0.2) is 0 Å². The van der Waals surface area contributed by atoms with E-state index < -0.39 is 11.8 Å². The zero-order chi connectivity index (χ0) is 22.2. The molecule has 8 heteroatoms. The molecule has 2 aromatic carbocycles. The first kappa shape index (κ1) is 23.4. The molecule has 2 N–H and O–H groups in total. The van der Waals surface area contributed by atoms with Gasteiger partial charge < -0.3 is 10.6 Å². The number of nitrogens with one attached hydrogen (secondary N) is 2. The van der Waals surface area contributed by atoms with E-state index in [-0.39, 0.29) is 19.0 Å². The van der Waals surface area contributed by atoms with E-state index >= 15 is 0 Å². The van der Waals surface area contributed by atoms with Gasteiger partial charge in [-0.2, -0.15) is 0 Å². The quantitative estimate of drug-likeness (QED) is 0.483. The summed E-state index contributed by atoms with van der Waals surface area (Å²) in [5, 5.41) is 6.35. The van der Waals surface area contributed by atoms with Gasteiger partial charge in [-0.05, 0) is 54.8 Å². The van der Waals surface area contributed by atoms with Crippen LogP contribution in [0.25, 0.3) is 0 Å². The molecule has 0 heterocycles. The van der Waals surface area contributed by atoms with Crippen LogP contribution in [-0.4, -0.2) is 25.0 Å². The van der Waals surface area contributed by atoms with Crippen LogP contribution in [0.15, 0.2) is 42.5 Å². The number of nitrogens with zero attached hydrogens (tertiary/aromatic N) is 1. The maximum Gasteiger partial charge on any atom is 0.326 e.